The highest BCUT2D eigenvalue weighted by molar-refractivity contribution is 5.92. The molecule has 136 valence electrons. The van der Waals surface area contributed by atoms with Crippen molar-refractivity contribution < 1.29 is 9.72 Å². The van der Waals surface area contributed by atoms with Gasteiger partial charge in [-0.2, -0.15) is 0 Å². The Bertz CT molecular complexity index is 795. The van der Waals surface area contributed by atoms with Gasteiger partial charge in [0.05, 0.1) is 11.0 Å². The van der Waals surface area contributed by atoms with Gasteiger partial charge in [-0.25, -0.2) is 0 Å². The monoisotopic (exact) mass is 352 g/mol. The minimum Gasteiger partial charge on any atom is -0.345 e. The number of amides is 1. The third-order valence-electron chi connectivity index (χ3n) is 4.22. The summed E-state index contributed by atoms with van der Waals surface area (Å²) in [5.41, 5.74) is 2.94. The number of rotatable bonds is 7. The van der Waals surface area contributed by atoms with E-state index in [1.165, 1.54) is 23.8 Å². The fraction of sp³-hybridized carbons (Fsp3) is 0.286. The Labute approximate surface area is 153 Å². The second-order valence-corrected chi connectivity index (χ2v) is 6.51. The van der Waals surface area contributed by atoms with Crippen LogP contribution in [-0.4, -0.2) is 10.8 Å². The lowest BCUT2D eigenvalue weighted by atomic mass is 9.95. The Hall–Kier alpha value is -2.95. The number of hydrogen-bond donors (Lipinski definition) is 1. The van der Waals surface area contributed by atoms with Gasteiger partial charge < -0.3 is 5.32 Å². The molecule has 0 aliphatic carbocycles. The van der Waals surface area contributed by atoms with Crippen LogP contribution in [0.3, 0.4) is 0 Å². The molecule has 1 N–H and O–H groups in total. The van der Waals surface area contributed by atoms with Gasteiger partial charge in [-0.3, -0.25) is 14.9 Å². The molecule has 0 aromatic heterocycles. The molecule has 26 heavy (non-hydrogen) atoms. The fourth-order valence-electron chi connectivity index (χ4n) is 2.71. The number of aryl methyl sites for hydroxylation is 1. The molecule has 5 nitrogen and oxygen atoms in total. The van der Waals surface area contributed by atoms with Gasteiger partial charge in [0.15, 0.2) is 0 Å². The van der Waals surface area contributed by atoms with E-state index in [2.05, 4.69) is 38.2 Å². The normalized spacial score (nSPS) is 12.3. The van der Waals surface area contributed by atoms with E-state index >= 15 is 0 Å². The quantitative estimate of drug-likeness (QED) is 0.446. The van der Waals surface area contributed by atoms with Crippen LogP contribution >= 0.6 is 0 Å². The minimum absolute atomic E-state index is 0.00336. The highest BCUT2D eigenvalue weighted by atomic mass is 16.6. The van der Waals surface area contributed by atoms with Gasteiger partial charge >= 0.3 is 0 Å². The minimum atomic E-state index is -0.452. The van der Waals surface area contributed by atoms with Gasteiger partial charge in [0, 0.05) is 18.2 Å². The smallest absolute Gasteiger partial charge is 0.270 e. The second-order valence-electron chi connectivity index (χ2n) is 6.51. The first-order valence-corrected chi connectivity index (χ1v) is 8.72. The topological polar surface area (TPSA) is 72.2 Å². The first kappa shape index (κ1) is 19.4. The Morgan fingerprint density at radius 1 is 1.19 bits per heavy atom. The van der Waals surface area contributed by atoms with E-state index in [0.29, 0.717) is 5.56 Å². The third kappa shape index (κ3) is 5.28. The first-order chi connectivity index (χ1) is 12.4. The van der Waals surface area contributed by atoms with E-state index in [1.807, 2.05) is 12.1 Å². The molecule has 5 heteroatoms. The summed E-state index contributed by atoms with van der Waals surface area (Å²) in [5.74, 6) is 0.00686. The summed E-state index contributed by atoms with van der Waals surface area (Å²) in [6.07, 6.45) is 3.97. The number of hydrogen-bond acceptors (Lipinski definition) is 3. The van der Waals surface area contributed by atoms with E-state index in [1.54, 1.807) is 18.2 Å². The summed E-state index contributed by atoms with van der Waals surface area (Å²) in [7, 11) is 0. The number of carbonyl (C=O) groups is 1. The van der Waals surface area contributed by atoms with Gasteiger partial charge in [-0.1, -0.05) is 57.2 Å². The highest BCUT2D eigenvalue weighted by Gasteiger charge is 2.17. The molecule has 0 aliphatic heterocycles. The summed E-state index contributed by atoms with van der Waals surface area (Å²) in [6.45, 7) is 6.22. The number of nitro benzene ring substituents is 1. The number of benzene rings is 2. The van der Waals surface area contributed by atoms with Crippen LogP contribution < -0.4 is 5.32 Å². The van der Waals surface area contributed by atoms with Crippen LogP contribution in [-0.2, 0) is 11.2 Å². The molecule has 0 spiro atoms. The lowest BCUT2D eigenvalue weighted by molar-refractivity contribution is -0.384. The van der Waals surface area contributed by atoms with E-state index in [0.717, 1.165) is 12.0 Å². The van der Waals surface area contributed by atoms with Gasteiger partial charge in [0.1, 0.15) is 0 Å². The third-order valence-corrected chi connectivity index (χ3v) is 4.22. The lowest BCUT2D eigenvalue weighted by Gasteiger charge is -2.22. The Balaban J connectivity index is 2.09. The summed E-state index contributed by atoms with van der Waals surface area (Å²) < 4.78 is 0. The van der Waals surface area contributed by atoms with Gasteiger partial charge in [-0.15, -0.1) is 0 Å². The molecule has 0 saturated carbocycles. The van der Waals surface area contributed by atoms with E-state index < -0.39 is 4.92 Å². The SMILES string of the molecule is CCc1ccc([C@@H](NC(=O)/C=C/c2cccc([N+](=O)[O-])c2)C(C)C)cc1. The molecular weight excluding hydrogens is 328 g/mol. The van der Waals surface area contributed by atoms with Crippen LogP contribution in [0.4, 0.5) is 5.69 Å². The molecule has 0 unspecified atom stereocenters. The summed E-state index contributed by atoms with van der Waals surface area (Å²) in [5, 5.41) is 13.8. The lowest BCUT2D eigenvalue weighted by Crippen LogP contribution is -2.30. The molecule has 0 saturated heterocycles. The van der Waals surface area contributed by atoms with Gasteiger partial charge in [-0.05, 0) is 35.1 Å². The van der Waals surface area contributed by atoms with Crippen molar-refractivity contribution in [3.05, 3.63) is 81.4 Å². The van der Waals surface area contributed by atoms with Crippen LogP contribution in [0.5, 0.6) is 0 Å². The Morgan fingerprint density at radius 2 is 1.88 bits per heavy atom. The molecule has 1 amide bonds. The molecule has 0 aliphatic rings. The van der Waals surface area contributed by atoms with Gasteiger partial charge in [0.2, 0.25) is 5.91 Å². The number of nitrogens with one attached hydrogen (secondary N) is 1. The summed E-state index contributed by atoms with van der Waals surface area (Å²) >= 11 is 0. The number of nitrogens with zero attached hydrogens (tertiary/aromatic N) is 1. The summed E-state index contributed by atoms with van der Waals surface area (Å²) in [6, 6.07) is 14.3. The molecule has 0 heterocycles. The van der Waals surface area contributed by atoms with Crippen molar-refractivity contribution in [1.82, 2.24) is 5.32 Å². The maximum Gasteiger partial charge on any atom is 0.270 e. The zero-order valence-electron chi connectivity index (χ0n) is 15.3. The van der Waals surface area contributed by atoms with Crippen LogP contribution in [0.2, 0.25) is 0 Å². The second kappa shape index (κ2) is 8.94. The molecule has 2 aromatic carbocycles. The predicted molar refractivity (Wildman–Crippen MR) is 104 cm³/mol. The molecule has 2 rings (SSSR count). The first-order valence-electron chi connectivity index (χ1n) is 8.72. The van der Waals surface area contributed by atoms with Crippen molar-refractivity contribution in [1.29, 1.82) is 0 Å². The average molecular weight is 352 g/mol. The maximum absolute atomic E-state index is 12.3. The van der Waals surface area contributed by atoms with Crippen molar-refractivity contribution in [2.45, 2.75) is 33.2 Å². The maximum atomic E-state index is 12.3. The summed E-state index contributed by atoms with van der Waals surface area (Å²) in [4.78, 5) is 22.7. The molecule has 2 aromatic rings. The highest BCUT2D eigenvalue weighted by Crippen LogP contribution is 2.22. The van der Waals surface area contributed by atoms with E-state index in [4.69, 9.17) is 0 Å². The average Bonchev–Trinajstić information content (AvgIpc) is 2.64. The standard InChI is InChI=1S/C21H24N2O3/c1-4-16-8-11-18(12-9-16)21(15(2)3)22-20(24)13-10-17-6-5-7-19(14-17)23(25)26/h5-15,21H,4H2,1-3H3,(H,22,24)/b13-10+/t21-/m0/s1. The molecular formula is C21H24N2O3. The Kier molecular flexibility index (Phi) is 6.67. The van der Waals surface area contributed by atoms with Crippen molar-refractivity contribution in [3.63, 3.8) is 0 Å². The number of nitro groups is 1. The van der Waals surface area contributed by atoms with E-state index in [9.17, 15) is 14.9 Å². The number of non-ortho nitro benzene ring substituents is 1. The molecule has 0 bridgehead atoms. The van der Waals surface area contributed by atoms with Crippen LogP contribution in [0.15, 0.2) is 54.6 Å². The zero-order chi connectivity index (χ0) is 19.1. The predicted octanol–water partition coefficient (Wildman–Crippen LogP) is 4.68. The van der Waals surface area contributed by atoms with Crippen LogP contribution in [0.25, 0.3) is 6.08 Å². The number of carbonyl (C=O) groups excluding carboxylic acids is 1. The van der Waals surface area contributed by atoms with Crippen molar-refractivity contribution in [2.75, 3.05) is 0 Å². The van der Waals surface area contributed by atoms with Crippen LogP contribution in [0.1, 0.15) is 43.5 Å². The van der Waals surface area contributed by atoms with E-state index in [-0.39, 0.29) is 23.6 Å². The Morgan fingerprint density at radius 3 is 2.46 bits per heavy atom. The van der Waals surface area contributed by atoms with Crippen molar-refractivity contribution in [3.8, 4) is 0 Å². The molecule has 0 radical (unpaired) electrons. The van der Waals surface area contributed by atoms with Crippen molar-refractivity contribution in [2.24, 2.45) is 5.92 Å². The van der Waals surface area contributed by atoms with Gasteiger partial charge in [0.25, 0.3) is 5.69 Å². The molecule has 1 atom stereocenters. The van der Waals surface area contributed by atoms with Crippen LogP contribution in [0, 0.1) is 16.0 Å². The fourth-order valence-corrected chi connectivity index (χ4v) is 2.71. The zero-order valence-corrected chi connectivity index (χ0v) is 15.3. The van der Waals surface area contributed by atoms with Crippen molar-refractivity contribution >= 4 is 17.7 Å². The largest absolute Gasteiger partial charge is 0.345 e. The molecule has 0 fully saturated rings.